The second-order valence-electron chi connectivity index (χ2n) is 4.53. The van der Waals surface area contributed by atoms with E-state index >= 15 is 0 Å². The molecule has 0 unspecified atom stereocenters. The smallest absolute Gasteiger partial charge is 0.248 e. The van der Waals surface area contributed by atoms with Crippen molar-refractivity contribution in [1.29, 1.82) is 0 Å². The topological polar surface area (TPSA) is 3.24 Å². The normalized spacial score (nSPS) is 28.9. The summed E-state index contributed by atoms with van der Waals surface area (Å²) in [5, 5.41) is 0. The highest BCUT2D eigenvalue weighted by Crippen LogP contribution is 2.47. The molecule has 0 bridgehead atoms. The van der Waals surface area contributed by atoms with Crippen molar-refractivity contribution in [2.75, 3.05) is 20.1 Å². The molecule has 1 aliphatic carbocycles. The highest BCUT2D eigenvalue weighted by atomic mass is 19.3. The molecule has 0 aromatic carbocycles. The molecular weight excluding hydrogens is 184 g/mol. The molecule has 0 radical (unpaired) electrons. The molecule has 1 aliphatic heterocycles. The number of hydrogen-bond acceptors (Lipinski definition) is 1. The van der Waals surface area contributed by atoms with Crippen molar-refractivity contribution in [2.45, 2.75) is 45.5 Å². The van der Waals surface area contributed by atoms with Crippen LogP contribution in [0.4, 0.5) is 8.78 Å². The summed E-state index contributed by atoms with van der Waals surface area (Å²) in [6.07, 6.45) is 1.68. The molecule has 1 saturated heterocycles. The molecule has 1 nitrogen and oxygen atoms in total. The van der Waals surface area contributed by atoms with Gasteiger partial charge in [0.2, 0.25) is 5.92 Å². The molecule has 2 rings (SSSR count). The molecule has 1 heterocycles. The third kappa shape index (κ3) is 2.44. The summed E-state index contributed by atoms with van der Waals surface area (Å²) in [5.41, 5.74) is 0.274. The first kappa shape index (κ1) is 11.9. The van der Waals surface area contributed by atoms with Crippen LogP contribution in [-0.2, 0) is 0 Å². The minimum absolute atomic E-state index is 0.112. The lowest BCUT2D eigenvalue weighted by molar-refractivity contribution is -0.106. The maximum Gasteiger partial charge on any atom is 0.248 e. The van der Waals surface area contributed by atoms with E-state index in [2.05, 4.69) is 11.9 Å². The lowest BCUT2D eigenvalue weighted by Gasteiger charge is -2.52. The number of rotatable bonds is 0. The van der Waals surface area contributed by atoms with Crippen LogP contribution in [0.3, 0.4) is 0 Å². The maximum absolute atomic E-state index is 12.8. The van der Waals surface area contributed by atoms with E-state index in [1.54, 1.807) is 0 Å². The highest BCUT2D eigenvalue weighted by Gasteiger charge is 2.48. The van der Waals surface area contributed by atoms with Crippen molar-refractivity contribution in [3.8, 4) is 0 Å². The first-order chi connectivity index (χ1) is 6.52. The van der Waals surface area contributed by atoms with Gasteiger partial charge in [-0.05, 0) is 25.3 Å². The molecular formula is C11H21F2N. The quantitative estimate of drug-likeness (QED) is 0.587. The van der Waals surface area contributed by atoms with Gasteiger partial charge in [0, 0.05) is 25.9 Å². The van der Waals surface area contributed by atoms with Gasteiger partial charge in [-0.3, -0.25) is 0 Å². The first-order valence-electron chi connectivity index (χ1n) is 5.58. The zero-order chi connectivity index (χ0) is 10.8. The SMILES string of the molecule is CC.CN1CC2(CCC(F)(F)CC2)C1. The van der Waals surface area contributed by atoms with E-state index in [1.165, 1.54) is 0 Å². The van der Waals surface area contributed by atoms with E-state index in [-0.39, 0.29) is 18.3 Å². The summed E-state index contributed by atoms with van der Waals surface area (Å²) < 4.78 is 25.6. The first-order valence-corrected chi connectivity index (χ1v) is 5.58. The van der Waals surface area contributed by atoms with Gasteiger partial charge in [0.05, 0.1) is 0 Å². The summed E-state index contributed by atoms with van der Waals surface area (Å²) in [5.74, 6) is -2.36. The Kier molecular flexibility index (Phi) is 3.51. The average molecular weight is 205 g/mol. The van der Waals surface area contributed by atoms with E-state index in [4.69, 9.17) is 0 Å². The van der Waals surface area contributed by atoms with E-state index in [9.17, 15) is 8.78 Å². The van der Waals surface area contributed by atoms with Crippen LogP contribution >= 0.6 is 0 Å². The van der Waals surface area contributed by atoms with Crippen LogP contribution in [-0.4, -0.2) is 31.0 Å². The van der Waals surface area contributed by atoms with Crippen LogP contribution in [0.1, 0.15) is 39.5 Å². The fraction of sp³-hybridized carbons (Fsp3) is 1.00. The molecule has 0 aromatic rings. The predicted molar refractivity (Wildman–Crippen MR) is 54.7 cm³/mol. The number of alkyl halides is 2. The molecule has 0 amide bonds. The Hall–Kier alpha value is -0.180. The van der Waals surface area contributed by atoms with Gasteiger partial charge >= 0.3 is 0 Å². The molecule has 0 atom stereocenters. The Morgan fingerprint density at radius 1 is 0.929 bits per heavy atom. The van der Waals surface area contributed by atoms with E-state index in [0.29, 0.717) is 0 Å². The van der Waals surface area contributed by atoms with E-state index < -0.39 is 5.92 Å². The van der Waals surface area contributed by atoms with Crippen molar-refractivity contribution < 1.29 is 8.78 Å². The number of halogens is 2. The number of likely N-dealkylation sites (tertiary alicyclic amines) is 1. The van der Waals surface area contributed by atoms with Crippen LogP contribution in [0.15, 0.2) is 0 Å². The molecule has 14 heavy (non-hydrogen) atoms. The van der Waals surface area contributed by atoms with Gasteiger partial charge in [-0.2, -0.15) is 0 Å². The van der Waals surface area contributed by atoms with Crippen molar-refractivity contribution in [3.05, 3.63) is 0 Å². The second-order valence-corrected chi connectivity index (χ2v) is 4.53. The summed E-state index contributed by atoms with van der Waals surface area (Å²) in [4.78, 5) is 2.21. The van der Waals surface area contributed by atoms with Crippen LogP contribution < -0.4 is 0 Å². The van der Waals surface area contributed by atoms with Gasteiger partial charge in [0.15, 0.2) is 0 Å². The molecule has 84 valence electrons. The summed E-state index contributed by atoms with van der Waals surface area (Å²) in [6.45, 7) is 6.06. The van der Waals surface area contributed by atoms with Crippen molar-refractivity contribution in [3.63, 3.8) is 0 Å². The molecule has 0 N–H and O–H groups in total. The summed E-state index contributed by atoms with van der Waals surface area (Å²) >= 11 is 0. The summed E-state index contributed by atoms with van der Waals surface area (Å²) in [7, 11) is 2.05. The largest absolute Gasteiger partial charge is 0.305 e. The number of hydrogen-bond donors (Lipinski definition) is 0. The van der Waals surface area contributed by atoms with Crippen LogP contribution in [0.2, 0.25) is 0 Å². The Morgan fingerprint density at radius 2 is 1.36 bits per heavy atom. The van der Waals surface area contributed by atoms with Crippen LogP contribution in [0, 0.1) is 5.41 Å². The Balaban J connectivity index is 0.000000461. The van der Waals surface area contributed by atoms with Crippen molar-refractivity contribution >= 4 is 0 Å². The minimum atomic E-state index is -2.36. The fourth-order valence-electron chi connectivity index (χ4n) is 2.56. The minimum Gasteiger partial charge on any atom is -0.305 e. The lowest BCUT2D eigenvalue weighted by Crippen LogP contribution is -2.56. The van der Waals surface area contributed by atoms with E-state index in [0.717, 1.165) is 25.9 Å². The Morgan fingerprint density at radius 3 is 1.71 bits per heavy atom. The molecule has 2 fully saturated rings. The lowest BCUT2D eigenvalue weighted by atomic mass is 9.68. The zero-order valence-corrected chi connectivity index (χ0v) is 9.45. The standard InChI is InChI=1S/C9H15F2N.C2H6/c1-12-6-8(7-12)2-4-9(10,11)5-3-8;1-2/h2-7H2,1H3;1-2H3. The molecule has 2 aliphatic rings. The maximum atomic E-state index is 12.8. The van der Waals surface area contributed by atoms with Gasteiger partial charge in [-0.1, -0.05) is 13.8 Å². The van der Waals surface area contributed by atoms with Crippen LogP contribution in [0.25, 0.3) is 0 Å². The molecule has 1 saturated carbocycles. The monoisotopic (exact) mass is 205 g/mol. The molecule has 0 aromatic heterocycles. The zero-order valence-electron chi connectivity index (χ0n) is 9.45. The summed E-state index contributed by atoms with van der Waals surface area (Å²) in [6, 6.07) is 0. The Labute approximate surface area is 85.5 Å². The fourth-order valence-corrected chi connectivity index (χ4v) is 2.56. The van der Waals surface area contributed by atoms with Crippen molar-refractivity contribution in [1.82, 2.24) is 4.90 Å². The van der Waals surface area contributed by atoms with Crippen LogP contribution in [0.5, 0.6) is 0 Å². The second kappa shape index (κ2) is 4.13. The van der Waals surface area contributed by atoms with Crippen molar-refractivity contribution in [2.24, 2.45) is 5.41 Å². The average Bonchev–Trinajstić information content (AvgIpc) is 2.11. The van der Waals surface area contributed by atoms with E-state index in [1.807, 2.05) is 13.8 Å². The number of nitrogens with zero attached hydrogens (tertiary/aromatic N) is 1. The Bertz CT molecular complexity index is 174. The third-order valence-corrected chi connectivity index (χ3v) is 3.25. The third-order valence-electron chi connectivity index (χ3n) is 3.25. The van der Waals surface area contributed by atoms with Gasteiger partial charge in [0.25, 0.3) is 0 Å². The highest BCUT2D eigenvalue weighted by molar-refractivity contribution is 4.98. The van der Waals surface area contributed by atoms with Gasteiger partial charge in [-0.15, -0.1) is 0 Å². The predicted octanol–water partition coefficient (Wildman–Crippen LogP) is 3.15. The molecule has 3 heteroatoms. The van der Waals surface area contributed by atoms with Gasteiger partial charge < -0.3 is 4.90 Å². The van der Waals surface area contributed by atoms with Gasteiger partial charge in [0.1, 0.15) is 0 Å². The molecule has 1 spiro atoms. The van der Waals surface area contributed by atoms with Gasteiger partial charge in [-0.25, -0.2) is 8.78 Å².